The lowest BCUT2D eigenvalue weighted by atomic mass is 9.79. The molecule has 0 bridgehead atoms. The topological polar surface area (TPSA) is 104 Å². The molecule has 0 saturated heterocycles. The average molecular weight is 467 g/mol. The summed E-state index contributed by atoms with van der Waals surface area (Å²) in [4.78, 5) is 0. The normalized spacial score (nSPS) is 17.6. The average Bonchev–Trinajstić information content (AvgIpc) is 3.12. The summed E-state index contributed by atoms with van der Waals surface area (Å²) in [7, 11) is 1.57. The van der Waals surface area contributed by atoms with E-state index in [4.69, 9.17) is 19.6 Å². The van der Waals surface area contributed by atoms with Crippen LogP contribution in [0.5, 0.6) is 17.4 Å². The van der Waals surface area contributed by atoms with Crippen LogP contribution >= 0.6 is 15.9 Å². The number of H-pyrrole nitrogens is 1. The zero-order valence-electron chi connectivity index (χ0n) is 16.4. The van der Waals surface area contributed by atoms with Crippen molar-refractivity contribution in [1.29, 1.82) is 10.7 Å². The SMILES string of the molecule is COc1cc(C2c3c(n[nH]c3C)OC(=N)C2C#N)cc(Br)c1OCc1ccccc1. The monoisotopic (exact) mass is 466 g/mol. The third-order valence-electron chi connectivity index (χ3n) is 5.07. The highest BCUT2D eigenvalue weighted by Crippen LogP contribution is 2.46. The van der Waals surface area contributed by atoms with Gasteiger partial charge in [-0.3, -0.25) is 10.5 Å². The Hall–Kier alpha value is -3.31. The van der Waals surface area contributed by atoms with Gasteiger partial charge in [-0.25, -0.2) is 0 Å². The van der Waals surface area contributed by atoms with Gasteiger partial charge in [0.25, 0.3) is 0 Å². The highest BCUT2D eigenvalue weighted by molar-refractivity contribution is 9.10. The molecule has 152 valence electrons. The Bertz CT molecular complexity index is 1140. The van der Waals surface area contributed by atoms with Gasteiger partial charge in [0.05, 0.1) is 17.7 Å². The number of nitrogens with one attached hydrogen (secondary N) is 2. The van der Waals surface area contributed by atoms with Crippen LogP contribution < -0.4 is 14.2 Å². The summed E-state index contributed by atoms with van der Waals surface area (Å²) < 4.78 is 17.8. The molecule has 3 aromatic rings. The summed E-state index contributed by atoms with van der Waals surface area (Å²) in [6.07, 6.45) is 0. The number of aryl methyl sites for hydroxylation is 1. The number of nitriles is 1. The Morgan fingerprint density at radius 2 is 2.07 bits per heavy atom. The van der Waals surface area contributed by atoms with Gasteiger partial charge in [0.15, 0.2) is 11.5 Å². The van der Waals surface area contributed by atoms with E-state index in [9.17, 15) is 5.26 Å². The molecule has 8 heteroatoms. The van der Waals surface area contributed by atoms with Crippen LogP contribution in [-0.4, -0.2) is 23.2 Å². The maximum absolute atomic E-state index is 9.74. The Balaban J connectivity index is 1.74. The smallest absolute Gasteiger partial charge is 0.243 e. The third kappa shape index (κ3) is 3.53. The molecule has 2 atom stereocenters. The molecule has 0 fully saturated rings. The first-order chi connectivity index (χ1) is 14.5. The van der Waals surface area contributed by atoms with Crippen molar-refractivity contribution in [3.8, 4) is 23.4 Å². The van der Waals surface area contributed by atoms with Gasteiger partial charge in [-0.1, -0.05) is 30.3 Å². The fourth-order valence-electron chi connectivity index (χ4n) is 3.63. The summed E-state index contributed by atoms with van der Waals surface area (Å²) in [6.45, 7) is 2.26. The van der Waals surface area contributed by atoms with Crippen LogP contribution in [0.2, 0.25) is 0 Å². The van der Waals surface area contributed by atoms with Gasteiger partial charge in [0, 0.05) is 17.2 Å². The number of aromatic nitrogens is 2. The van der Waals surface area contributed by atoms with Gasteiger partial charge in [-0.2, -0.15) is 5.26 Å². The second-order valence-corrected chi connectivity index (χ2v) is 7.78. The second-order valence-electron chi connectivity index (χ2n) is 6.93. The van der Waals surface area contributed by atoms with Crippen molar-refractivity contribution in [2.75, 3.05) is 7.11 Å². The van der Waals surface area contributed by atoms with E-state index in [0.717, 1.165) is 22.4 Å². The molecule has 2 N–H and O–H groups in total. The molecule has 0 amide bonds. The summed E-state index contributed by atoms with van der Waals surface area (Å²) in [6, 6.07) is 15.8. The van der Waals surface area contributed by atoms with Gasteiger partial charge in [0.2, 0.25) is 11.8 Å². The van der Waals surface area contributed by atoms with Crippen LogP contribution in [0.3, 0.4) is 0 Å². The number of nitrogens with zero attached hydrogens (tertiary/aromatic N) is 2. The van der Waals surface area contributed by atoms with Crippen molar-refractivity contribution in [2.45, 2.75) is 19.4 Å². The fourth-order valence-corrected chi connectivity index (χ4v) is 4.20. The number of hydrogen-bond acceptors (Lipinski definition) is 6. The van der Waals surface area contributed by atoms with E-state index in [0.29, 0.717) is 28.5 Å². The van der Waals surface area contributed by atoms with E-state index in [1.165, 1.54) is 0 Å². The Kier molecular flexibility index (Phi) is 5.46. The second kappa shape index (κ2) is 8.20. The minimum atomic E-state index is -0.776. The molecule has 0 saturated carbocycles. The fraction of sp³-hybridized carbons (Fsp3) is 0.227. The summed E-state index contributed by atoms with van der Waals surface area (Å²) in [5.74, 6) is 0.118. The molecule has 2 unspecified atom stereocenters. The third-order valence-corrected chi connectivity index (χ3v) is 5.66. The lowest BCUT2D eigenvalue weighted by Crippen LogP contribution is -2.31. The molecule has 0 aliphatic carbocycles. The number of benzene rings is 2. The van der Waals surface area contributed by atoms with Crippen molar-refractivity contribution in [3.63, 3.8) is 0 Å². The number of methoxy groups -OCH3 is 1. The molecular formula is C22H19BrN4O3. The van der Waals surface area contributed by atoms with Crippen molar-refractivity contribution in [3.05, 3.63) is 69.3 Å². The van der Waals surface area contributed by atoms with E-state index in [1.54, 1.807) is 7.11 Å². The highest BCUT2D eigenvalue weighted by atomic mass is 79.9. The minimum absolute atomic E-state index is 0.124. The molecule has 0 spiro atoms. The van der Waals surface area contributed by atoms with E-state index < -0.39 is 11.8 Å². The Labute approximate surface area is 182 Å². The standard InChI is InChI=1S/C22H19BrN4O3/c1-12-18-19(15(10-24)21(25)30-22(18)27-26-12)14-8-16(23)20(17(9-14)28-2)29-11-13-6-4-3-5-7-13/h3-9,15,19,25H,11H2,1-2H3,(H,26,27). The van der Waals surface area contributed by atoms with Gasteiger partial charge in [-0.05, 0) is 46.1 Å². The maximum atomic E-state index is 9.74. The van der Waals surface area contributed by atoms with Crippen LogP contribution in [0, 0.1) is 29.6 Å². The first-order valence-electron chi connectivity index (χ1n) is 9.28. The molecule has 4 rings (SSSR count). The van der Waals surface area contributed by atoms with Gasteiger partial charge in [0.1, 0.15) is 12.5 Å². The molecule has 1 aliphatic heterocycles. The van der Waals surface area contributed by atoms with Crippen LogP contribution in [0.15, 0.2) is 46.9 Å². The van der Waals surface area contributed by atoms with Crippen molar-refractivity contribution in [1.82, 2.24) is 10.2 Å². The zero-order valence-corrected chi connectivity index (χ0v) is 18.0. The number of ether oxygens (including phenoxy) is 3. The minimum Gasteiger partial charge on any atom is -0.493 e. The van der Waals surface area contributed by atoms with Gasteiger partial charge >= 0.3 is 0 Å². The number of hydrogen-bond donors (Lipinski definition) is 2. The predicted octanol–water partition coefficient (Wildman–Crippen LogP) is 4.71. The number of fused-ring (bicyclic) bond motifs is 1. The van der Waals surface area contributed by atoms with E-state index in [1.807, 2.05) is 49.4 Å². The largest absolute Gasteiger partial charge is 0.493 e. The van der Waals surface area contributed by atoms with Gasteiger partial charge < -0.3 is 14.2 Å². The van der Waals surface area contributed by atoms with Crippen LogP contribution in [0.4, 0.5) is 0 Å². The van der Waals surface area contributed by atoms with Crippen LogP contribution in [0.25, 0.3) is 0 Å². The maximum Gasteiger partial charge on any atom is 0.243 e. The van der Waals surface area contributed by atoms with Crippen molar-refractivity contribution in [2.24, 2.45) is 5.92 Å². The zero-order chi connectivity index (χ0) is 21.3. The molecule has 7 nitrogen and oxygen atoms in total. The number of halogens is 1. The molecule has 1 aliphatic rings. The lowest BCUT2D eigenvalue weighted by molar-refractivity contribution is 0.282. The number of aromatic amines is 1. The van der Waals surface area contributed by atoms with Crippen LogP contribution in [-0.2, 0) is 6.61 Å². The predicted molar refractivity (Wildman–Crippen MR) is 114 cm³/mol. The lowest BCUT2D eigenvalue weighted by Gasteiger charge is -2.28. The molecule has 0 radical (unpaired) electrons. The summed E-state index contributed by atoms with van der Waals surface area (Å²) >= 11 is 3.59. The first-order valence-corrected chi connectivity index (χ1v) is 10.1. The van der Waals surface area contributed by atoms with E-state index in [2.05, 4.69) is 32.2 Å². The molecule has 30 heavy (non-hydrogen) atoms. The molecule has 2 aromatic carbocycles. The first kappa shape index (κ1) is 20.0. The number of rotatable bonds is 5. The summed E-state index contributed by atoms with van der Waals surface area (Å²) in [5, 5.41) is 24.9. The van der Waals surface area contributed by atoms with Gasteiger partial charge in [-0.15, -0.1) is 5.10 Å². The van der Waals surface area contributed by atoms with Crippen LogP contribution in [0.1, 0.15) is 28.3 Å². The van der Waals surface area contributed by atoms with E-state index >= 15 is 0 Å². The Morgan fingerprint density at radius 3 is 2.77 bits per heavy atom. The highest BCUT2D eigenvalue weighted by Gasteiger charge is 2.40. The molecule has 2 heterocycles. The Morgan fingerprint density at radius 1 is 1.30 bits per heavy atom. The molecule has 1 aromatic heterocycles. The molecular weight excluding hydrogens is 448 g/mol. The summed E-state index contributed by atoms with van der Waals surface area (Å²) in [5.41, 5.74) is 3.40. The van der Waals surface area contributed by atoms with Crippen molar-refractivity contribution >= 4 is 21.8 Å². The van der Waals surface area contributed by atoms with Crippen molar-refractivity contribution < 1.29 is 14.2 Å². The van der Waals surface area contributed by atoms with E-state index in [-0.39, 0.29) is 5.90 Å². The quantitative estimate of drug-likeness (QED) is 0.566.